The van der Waals surface area contributed by atoms with Crippen LogP contribution in [0.25, 0.3) is 0 Å². The molecule has 296 valence electrons. The van der Waals surface area contributed by atoms with Crippen molar-refractivity contribution in [3.05, 3.63) is 12.2 Å². The van der Waals surface area contributed by atoms with Gasteiger partial charge in [0.05, 0.1) is 37.4 Å². The third-order valence-electron chi connectivity index (χ3n) is 9.61. The van der Waals surface area contributed by atoms with Crippen LogP contribution in [0.4, 0.5) is 0 Å². The summed E-state index contributed by atoms with van der Waals surface area (Å²) >= 11 is 0. The number of aliphatic hydroxyl groups is 5. The fourth-order valence-electron chi connectivity index (χ4n) is 6.68. The lowest BCUT2D eigenvalue weighted by Gasteiger charge is -2.46. The number of rotatable bonds is 17. The number of hydrogen-bond acceptors (Lipinski definition) is 20. The molecule has 17 atom stereocenters. The Morgan fingerprint density at radius 1 is 0.824 bits per heavy atom. The number of ether oxygens (including phenoxy) is 6. The van der Waals surface area contributed by atoms with Gasteiger partial charge in [-0.25, -0.2) is 5.06 Å². The van der Waals surface area contributed by atoms with Crippen molar-refractivity contribution < 1.29 is 64.0 Å². The average Bonchev–Trinajstić information content (AvgIpc) is 3.41. The summed E-state index contributed by atoms with van der Waals surface area (Å²) in [6.07, 6.45) is -12.4. The van der Waals surface area contributed by atoms with E-state index in [-0.39, 0.29) is 32.5 Å². The van der Waals surface area contributed by atoms with Crippen molar-refractivity contribution in [3.8, 4) is 0 Å². The molecule has 0 spiro atoms. The van der Waals surface area contributed by atoms with E-state index in [1.54, 1.807) is 12.2 Å². The van der Waals surface area contributed by atoms with Gasteiger partial charge in [-0.05, 0) is 31.8 Å². The van der Waals surface area contributed by atoms with E-state index in [1.807, 2.05) is 0 Å². The number of carbonyl (C=O) groups excluding carboxylic acids is 1. The fraction of sp³-hybridized carbons (Fsp3) is 0.900. The first kappa shape index (κ1) is 42.2. The van der Waals surface area contributed by atoms with Crippen LogP contribution < -0.4 is 39.7 Å². The second kappa shape index (κ2) is 19.7. The minimum absolute atomic E-state index is 0.00559. The molecule has 0 radical (unpaired) electrons. The van der Waals surface area contributed by atoms with E-state index in [2.05, 4.69) is 5.32 Å². The monoisotopic (exact) mass is 738 g/mol. The van der Waals surface area contributed by atoms with Crippen LogP contribution in [-0.4, -0.2) is 186 Å². The van der Waals surface area contributed by atoms with Gasteiger partial charge in [-0.15, -0.1) is 0 Å². The van der Waals surface area contributed by atoms with Crippen LogP contribution in [-0.2, 0) is 33.2 Å². The number of amides is 1. The number of aliphatic hydroxyl groups excluding tert-OH is 5. The maximum absolute atomic E-state index is 12.8. The molecule has 3 heterocycles. The molecule has 3 aliphatic heterocycles. The van der Waals surface area contributed by atoms with Crippen molar-refractivity contribution in [2.75, 3.05) is 45.9 Å². The topological polar surface area (TPSA) is 365 Å². The summed E-state index contributed by atoms with van der Waals surface area (Å²) in [7, 11) is 0. The predicted molar refractivity (Wildman–Crippen MR) is 176 cm³/mol. The molecule has 1 saturated carbocycles. The van der Waals surface area contributed by atoms with Gasteiger partial charge in [0.25, 0.3) is 0 Å². The first-order chi connectivity index (χ1) is 24.3. The molecule has 4 rings (SSSR count). The molecule has 0 unspecified atom stereocenters. The van der Waals surface area contributed by atoms with Crippen LogP contribution in [0.3, 0.4) is 0 Å². The molecule has 2 saturated heterocycles. The normalized spacial score (nSPS) is 43.0. The fourth-order valence-corrected chi connectivity index (χ4v) is 6.68. The van der Waals surface area contributed by atoms with Gasteiger partial charge in [0.2, 0.25) is 5.91 Å². The zero-order valence-electron chi connectivity index (χ0n) is 28.5. The summed E-state index contributed by atoms with van der Waals surface area (Å²) in [6.45, 7) is 0.676. The van der Waals surface area contributed by atoms with Crippen LogP contribution in [0, 0.1) is 5.92 Å². The zero-order chi connectivity index (χ0) is 37.4. The van der Waals surface area contributed by atoms with Crippen LogP contribution in [0.1, 0.15) is 19.3 Å². The Morgan fingerprint density at radius 3 is 2.18 bits per heavy atom. The predicted octanol–water partition coefficient (Wildman–Crippen LogP) is -7.23. The Morgan fingerprint density at radius 2 is 1.51 bits per heavy atom. The van der Waals surface area contributed by atoms with E-state index >= 15 is 0 Å². The molecule has 0 aromatic carbocycles. The summed E-state index contributed by atoms with van der Waals surface area (Å²) in [5.74, 6) is -1.56. The molecule has 3 fully saturated rings. The molecule has 0 bridgehead atoms. The molecule has 21 nitrogen and oxygen atoms in total. The highest BCUT2D eigenvalue weighted by Gasteiger charge is 2.54. The first-order valence-electron chi connectivity index (χ1n) is 17.4. The lowest BCUT2D eigenvalue weighted by atomic mass is 9.77. The Labute approximate surface area is 296 Å². The number of nitrogens with one attached hydrogen (secondary N) is 1. The Hall–Kier alpha value is -1.55. The molecule has 1 aliphatic carbocycles. The lowest BCUT2D eigenvalue weighted by Crippen LogP contribution is -2.64. The second-order valence-corrected chi connectivity index (χ2v) is 13.4. The van der Waals surface area contributed by atoms with E-state index in [1.165, 1.54) is 0 Å². The van der Waals surface area contributed by atoms with Crippen LogP contribution in [0.15, 0.2) is 12.2 Å². The van der Waals surface area contributed by atoms with E-state index < -0.39 is 116 Å². The van der Waals surface area contributed by atoms with Gasteiger partial charge in [-0.3, -0.25) is 10.0 Å². The summed E-state index contributed by atoms with van der Waals surface area (Å²) < 4.78 is 36.0. The van der Waals surface area contributed by atoms with Crippen molar-refractivity contribution in [3.63, 3.8) is 0 Å². The average molecular weight is 739 g/mol. The van der Waals surface area contributed by atoms with E-state index in [4.69, 9.17) is 62.8 Å². The molecule has 1 amide bonds. The van der Waals surface area contributed by atoms with Crippen molar-refractivity contribution in [1.29, 1.82) is 0 Å². The van der Waals surface area contributed by atoms with Gasteiger partial charge >= 0.3 is 0 Å². The lowest BCUT2D eigenvalue weighted by molar-refractivity contribution is -0.286. The Balaban J connectivity index is 1.53. The second-order valence-electron chi connectivity index (χ2n) is 13.4. The van der Waals surface area contributed by atoms with E-state index in [0.717, 1.165) is 6.42 Å². The third-order valence-corrected chi connectivity index (χ3v) is 9.61. The van der Waals surface area contributed by atoms with Gasteiger partial charge in [-0.2, -0.15) is 0 Å². The highest BCUT2D eigenvalue weighted by atomic mass is 16.8. The largest absolute Gasteiger partial charge is 0.394 e. The molecular weight excluding hydrogens is 680 g/mol. The Bertz CT molecular complexity index is 1100. The third kappa shape index (κ3) is 10.4. The highest BCUT2D eigenvalue weighted by molar-refractivity contribution is 5.75. The first-order valence-corrected chi connectivity index (χ1v) is 17.4. The maximum Gasteiger partial charge on any atom is 0.246 e. The van der Waals surface area contributed by atoms with Crippen LogP contribution in [0.5, 0.6) is 0 Å². The zero-order valence-corrected chi connectivity index (χ0v) is 28.5. The smallest absolute Gasteiger partial charge is 0.246 e. The SMILES string of the molecule is NCCCNC[C@@H]1C=C[C@@H](N)[C@@H](O[C@H]2[C@H](O[C@@H]3O[C@H](CO)[C@@H](O[C@H]4O[C@@H](CN)[C@@H](O)[C@H](O)[C@H]4N)[C@H]3O)[C@@H](O)[C@H](CC(=O)N(O)CCN)C[C@@H]2N)O1. The number of hydrogen-bond donors (Lipinski definition) is 13. The summed E-state index contributed by atoms with van der Waals surface area (Å²) in [4.78, 5) is 12.8. The number of hydroxylamine groups is 2. The van der Waals surface area contributed by atoms with Gasteiger partial charge in [0.1, 0.15) is 48.8 Å². The quantitative estimate of drug-likeness (QED) is 0.0285. The van der Waals surface area contributed by atoms with Crippen molar-refractivity contribution >= 4 is 5.91 Å². The molecule has 21 heteroatoms. The van der Waals surface area contributed by atoms with E-state index in [9.17, 15) is 35.5 Å². The molecule has 51 heavy (non-hydrogen) atoms. The minimum atomic E-state index is -1.64. The molecule has 19 N–H and O–H groups in total. The number of nitrogens with zero attached hydrogens (tertiary/aromatic N) is 1. The van der Waals surface area contributed by atoms with Crippen molar-refractivity contribution in [2.24, 2.45) is 40.3 Å². The minimum Gasteiger partial charge on any atom is -0.394 e. The number of nitrogens with two attached hydrogens (primary N) is 6. The Kier molecular flexibility index (Phi) is 16.3. The molecule has 0 aromatic rings. The van der Waals surface area contributed by atoms with Gasteiger partial charge in [0, 0.05) is 32.1 Å². The molecule has 0 aromatic heterocycles. The van der Waals surface area contributed by atoms with Gasteiger partial charge < -0.3 is 93.7 Å². The van der Waals surface area contributed by atoms with Crippen molar-refractivity contribution in [2.45, 2.75) is 117 Å². The van der Waals surface area contributed by atoms with Crippen LogP contribution in [0.2, 0.25) is 0 Å². The van der Waals surface area contributed by atoms with Gasteiger partial charge in [0.15, 0.2) is 18.9 Å². The summed E-state index contributed by atoms with van der Waals surface area (Å²) in [5.41, 5.74) is 35.7. The van der Waals surface area contributed by atoms with E-state index in [0.29, 0.717) is 24.7 Å². The van der Waals surface area contributed by atoms with Gasteiger partial charge in [-0.1, -0.05) is 12.2 Å². The molecular formula is C30H58N8O13. The standard InChI is InChI=1S/C30H58N8O13/c31-4-1-6-37-11-14-2-3-15(34)28(46-14)49-25-16(35)8-13(9-19(40)38(45)7-5-32)21(41)27(25)51-30-24(44)26(18(12-39)48-30)50-29-20(36)23(43)22(42)17(10-33)47-29/h2-3,13-18,20-30,37,39,41-45H,1,4-12,31-36H2/t13-,14-,15+,16-,17-,18+,20+,21-,22+,23+,24+,25+,26+,27+,28+,29+,30-/m0/s1. The molecule has 4 aliphatic rings. The maximum atomic E-state index is 12.8. The summed E-state index contributed by atoms with van der Waals surface area (Å²) in [6, 6.07) is -2.87. The summed E-state index contributed by atoms with van der Waals surface area (Å²) in [5, 5.41) is 67.6. The highest BCUT2D eigenvalue weighted by Crippen LogP contribution is 2.37. The van der Waals surface area contributed by atoms with Crippen molar-refractivity contribution in [1.82, 2.24) is 10.4 Å². The van der Waals surface area contributed by atoms with Crippen LogP contribution >= 0.6 is 0 Å². The number of carbonyl (C=O) groups is 1.